The van der Waals surface area contributed by atoms with Gasteiger partial charge in [0.25, 0.3) is 16.1 Å². The predicted molar refractivity (Wildman–Crippen MR) is 161 cm³/mol. The van der Waals surface area contributed by atoms with E-state index in [2.05, 4.69) is 15.2 Å². The van der Waals surface area contributed by atoms with Crippen molar-refractivity contribution in [3.63, 3.8) is 0 Å². The molecule has 234 valence electrons. The molecule has 0 aliphatic carbocycles. The SMILES string of the molecule is CC1(CS(=O)(=O)C(c2nnc(CNS(N)(=O)=O)o2)c2nc3ccc(-c4ccc(C(=O)N5CCOCC5)cc4)cc3s2)COC1. The molecule has 2 saturated heterocycles. The second-order valence-corrected chi connectivity index (χ2v) is 15.6. The molecule has 2 aromatic carbocycles. The second-order valence-electron chi connectivity index (χ2n) is 11.1. The highest BCUT2D eigenvalue weighted by molar-refractivity contribution is 7.92. The summed E-state index contributed by atoms with van der Waals surface area (Å²) in [5, 5.41) is 11.6. The van der Waals surface area contributed by atoms with Gasteiger partial charge in [-0.25, -0.2) is 18.5 Å². The van der Waals surface area contributed by atoms with Crippen LogP contribution in [0.15, 0.2) is 46.9 Å². The van der Waals surface area contributed by atoms with Crippen molar-refractivity contribution >= 4 is 47.5 Å². The van der Waals surface area contributed by atoms with E-state index in [9.17, 15) is 21.6 Å². The summed E-state index contributed by atoms with van der Waals surface area (Å²) in [5.41, 5.74) is 2.35. The van der Waals surface area contributed by atoms with Crippen LogP contribution in [0.1, 0.15) is 39.3 Å². The Bertz CT molecular complexity index is 1900. The quantitative estimate of drug-likeness (QED) is 0.250. The Balaban J connectivity index is 1.30. The predicted octanol–water partition coefficient (Wildman–Crippen LogP) is 1.65. The molecule has 2 aliphatic heterocycles. The Morgan fingerprint density at radius 1 is 1.05 bits per heavy atom. The molecule has 17 heteroatoms. The minimum absolute atomic E-state index is 0.0402. The molecule has 0 bridgehead atoms. The maximum atomic E-state index is 13.8. The van der Waals surface area contributed by atoms with Crippen molar-refractivity contribution in [3.05, 3.63) is 64.8 Å². The first-order valence-electron chi connectivity index (χ1n) is 13.7. The zero-order valence-corrected chi connectivity index (χ0v) is 26.1. The molecule has 0 saturated carbocycles. The topological polar surface area (TPSA) is 197 Å². The van der Waals surface area contributed by atoms with Crippen LogP contribution < -0.4 is 9.86 Å². The minimum atomic E-state index is -4.03. The summed E-state index contributed by atoms with van der Waals surface area (Å²) in [6.07, 6.45) is 0. The molecule has 4 heterocycles. The molecular weight excluding hydrogens is 633 g/mol. The van der Waals surface area contributed by atoms with Gasteiger partial charge in [-0.1, -0.05) is 25.1 Å². The van der Waals surface area contributed by atoms with Gasteiger partial charge in [0.15, 0.2) is 15.1 Å². The van der Waals surface area contributed by atoms with Gasteiger partial charge < -0.3 is 18.8 Å². The van der Waals surface area contributed by atoms with Crippen LogP contribution in [0, 0.1) is 5.41 Å². The molecule has 44 heavy (non-hydrogen) atoms. The van der Waals surface area contributed by atoms with Gasteiger partial charge in [0.05, 0.1) is 48.9 Å². The van der Waals surface area contributed by atoms with Crippen LogP contribution >= 0.6 is 11.3 Å². The number of benzene rings is 2. The van der Waals surface area contributed by atoms with Crippen LogP contribution in [0.4, 0.5) is 0 Å². The number of nitrogens with two attached hydrogens (primary N) is 1. The van der Waals surface area contributed by atoms with Crippen LogP contribution in [0.3, 0.4) is 0 Å². The number of carbonyl (C=O) groups is 1. The summed E-state index contributed by atoms with van der Waals surface area (Å²) in [7, 11) is -7.98. The third-order valence-electron chi connectivity index (χ3n) is 7.33. The third kappa shape index (κ3) is 6.68. The van der Waals surface area contributed by atoms with Crippen molar-refractivity contribution in [3.8, 4) is 11.1 Å². The summed E-state index contributed by atoms with van der Waals surface area (Å²) >= 11 is 1.19. The average Bonchev–Trinajstić information content (AvgIpc) is 3.61. The van der Waals surface area contributed by atoms with Crippen molar-refractivity contribution in [1.82, 2.24) is 24.8 Å². The average molecular weight is 663 g/mol. The van der Waals surface area contributed by atoms with Crippen LogP contribution in [0.25, 0.3) is 21.3 Å². The molecule has 4 aromatic rings. The molecule has 1 atom stereocenters. The largest absolute Gasteiger partial charge is 0.422 e. The fourth-order valence-electron chi connectivity index (χ4n) is 5.11. The summed E-state index contributed by atoms with van der Waals surface area (Å²) in [6.45, 7) is 4.20. The Kier molecular flexibility index (Phi) is 8.29. The molecule has 3 N–H and O–H groups in total. The van der Waals surface area contributed by atoms with Gasteiger partial charge >= 0.3 is 0 Å². The Hall–Kier alpha value is -3.32. The van der Waals surface area contributed by atoms with Crippen molar-refractivity contribution in [2.75, 3.05) is 45.3 Å². The lowest BCUT2D eigenvalue weighted by Crippen LogP contribution is -2.46. The van der Waals surface area contributed by atoms with Crippen molar-refractivity contribution in [2.45, 2.75) is 18.7 Å². The van der Waals surface area contributed by atoms with Crippen molar-refractivity contribution in [2.24, 2.45) is 10.6 Å². The molecule has 1 amide bonds. The van der Waals surface area contributed by atoms with Gasteiger partial charge in [-0.3, -0.25) is 4.79 Å². The third-order valence-corrected chi connectivity index (χ3v) is 11.4. The zero-order chi connectivity index (χ0) is 31.1. The summed E-state index contributed by atoms with van der Waals surface area (Å²) < 4.78 is 69.3. The van der Waals surface area contributed by atoms with Gasteiger partial charge in [-0.15, -0.1) is 21.5 Å². The first-order chi connectivity index (χ1) is 20.9. The molecule has 2 aliphatic rings. The van der Waals surface area contributed by atoms with Gasteiger partial charge in [0, 0.05) is 24.1 Å². The highest BCUT2D eigenvalue weighted by Crippen LogP contribution is 2.40. The van der Waals surface area contributed by atoms with E-state index in [4.69, 9.17) is 19.0 Å². The fraction of sp³-hybridized carbons (Fsp3) is 0.407. The van der Waals surface area contributed by atoms with E-state index in [1.54, 1.807) is 23.1 Å². The van der Waals surface area contributed by atoms with Crippen molar-refractivity contribution < 1.29 is 35.5 Å². The van der Waals surface area contributed by atoms with E-state index in [-0.39, 0.29) is 28.4 Å². The van der Waals surface area contributed by atoms with E-state index in [1.807, 2.05) is 35.9 Å². The summed E-state index contributed by atoms with van der Waals surface area (Å²) in [6, 6.07) is 12.9. The number of nitrogens with one attached hydrogen (secondary N) is 1. The van der Waals surface area contributed by atoms with E-state index in [0.717, 1.165) is 15.8 Å². The highest BCUT2D eigenvalue weighted by atomic mass is 32.2. The van der Waals surface area contributed by atoms with Crippen LogP contribution in [0.2, 0.25) is 0 Å². The van der Waals surface area contributed by atoms with E-state index in [1.165, 1.54) is 11.3 Å². The first kappa shape index (κ1) is 30.7. The number of rotatable bonds is 10. The maximum absolute atomic E-state index is 13.8. The normalized spacial score (nSPS) is 17.8. The molecule has 0 radical (unpaired) electrons. The molecule has 2 fully saturated rings. The fourth-order valence-corrected chi connectivity index (χ4v) is 9.07. The van der Waals surface area contributed by atoms with Crippen LogP contribution in [-0.2, 0) is 36.1 Å². The summed E-state index contributed by atoms with van der Waals surface area (Å²) in [4.78, 5) is 19.2. The number of hydrogen-bond acceptors (Lipinski definition) is 12. The number of aromatic nitrogens is 3. The van der Waals surface area contributed by atoms with E-state index < -0.39 is 37.3 Å². The molecule has 14 nitrogen and oxygen atoms in total. The number of carbonyl (C=O) groups excluding carboxylic acids is 1. The lowest BCUT2D eigenvalue weighted by atomic mass is 9.92. The van der Waals surface area contributed by atoms with E-state index >= 15 is 0 Å². The zero-order valence-electron chi connectivity index (χ0n) is 23.6. The van der Waals surface area contributed by atoms with Crippen LogP contribution in [0.5, 0.6) is 0 Å². The molecule has 2 aromatic heterocycles. The number of thiazole rings is 1. The monoisotopic (exact) mass is 662 g/mol. The number of sulfone groups is 1. The Labute approximate surface area is 257 Å². The minimum Gasteiger partial charge on any atom is -0.422 e. The standard InChI is InChI=1S/C27H30N6O8S3/c1-27(14-40-15-27)16-43(35,36)23(24-32-31-22(41-24)13-29-44(28,37)38)25-30-20-7-6-19(12-21(20)42-25)17-2-4-18(5-3-17)26(34)33-8-10-39-11-9-33/h2-7,12,23,29H,8-11,13-16H2,1H3,(H2,28,37,38). The number of nitrogens with zero attached hydrogens (tertiary/aromatic N) is 4. The molecule has 6 rings (SSSR count). The van der Waals surface area contributed by atoms with Gasteiger partial charge in [-0.05, 0) is 35.4 Å². The molecule has 1 unspecified atom stereocenters. The number of hydrogen-bond donors (Lipinski definition) is 2. The second kappa shape index (κ2) is 11.9. The lowest BCUT2D eigenvalue weighted by Gasteiger charge is -2.38. The van der Waals surface area contributed by atoms with Crippen LogP contribution in [-0.4, -0.2) is 88.1 Å². The first-order valence-corrected chi connectivity index (χ1v) is 17.7. The smallest absolute Gasteiger partial charge is 0.274 e. The maximum Gasteiger partial charge on any atom is 0.274 e. The number of amides is 1. The lowest BCUT2D eigenvalue weighted by molar-refractivity contribution is -0.0870. The summed E-state index contributed by atoms with van der Waals surface area (Å²) in [5.74, 6) is -0.609. The van der Waals surface area contributed by atoms with Crippen molar-refractivity contribution in [1.29, 1.82) is 0 Å². The number of fused-ring (bicyclic) bond motifs is 1. The van der Waals surface area contributed by atoms with Gasteiger partial charge in [-0.2, -0.15) is 13.1 Å². The van der Waals surface area contributed by atoms with Gasteiger partial charge in [0.2, 0.25) is 11.8 Å². The molecular formula is C27H30N6O8S3. The number of morpholine rings is 1. The van der Waals surface area contributed by atoms with E-state index in [0.29, 0.717) is 50.6 Å². The number of ether oxygens (including phenoxy) is 2. The molecule has 0 spiro atoms. The Morgan fingerprint density at radius 3 is 2.41 bits per heavy atom. The highest BCUT2D eigenvalue weighted by Gasteiger charge is 2.45. The Morgan fingerprint density at radius 2 is 1.75 bits per heavy atom. The van der Waals surface area contributed by atoms with Gasteiger partial charge in [0.1, 0.15) is 5.01 Å².